The molecule has 1 amide bonds. The monoisotopic (exact) mass is 339 g/mol. The molecule has 0 aliphatic carbocycles. The van der Waals surface area contributed by atoms with Crippen LogP contribution in [-0.2, 0) is 6.42 Å². The number of carbonyl (C=O) groups excluding carboxylic acids is 1. The van der Waals surface area contributed by atoms with Gasteiger partial charge in [0.25, 0.3) is 5.91 Å². The Labute approximate surface area is 148 Å². The number of pyridine rings is 1. The van der Waals surface area contributed by atoms with Gasteiger partial charge >= 0.3 is 0 Å². The lowest BCUT2D eigenvalue weighted by molar-refractivity contribution is 0.0790. The van der Waals surface area contributed by atoms with Crippen molar-refractivity contribution in [2.45, 2.75) is 32.1 Å². The van der Waals surface area contributed by atoms with Gasteiger partial charge in [-0.05, 0) is 43.0 Å². The Morgan fingerprint density at radius 3 is 2.52 bits per heavy atom. The van der Waals surface area contributed by atoms with Crippen LogP contribution in [0.5, 0.6) is 0 Å². The van der Waals surface area contributed by atoms with Crippen molar-refractivity contribution in [1.29, 1.82) is 0 Å². The second kappa shape index (κ2) is 8.55. The molecule has 0 spiro atoms. The van der Waals surface area contributed by atoms with E-state index in [0.29, 0.717) is 18.2 Å². The molecule has 0 aromatic carbocycles. The van der Waals surface area contributed by atoms with Gasteiger partial charge in [-0.3, -0.25) is 9.78 Å². The van der Waals surface area contributed by atoms with Gasteiger partial charge in [0, 0.05) is 45.3 Å². The van der Waals surface area contributed by atoms with Gasteiger partial charge in [-0.25, -0.2) is 9.97 Å². The zero-order chi connectivity index (χ0) is 17.5. The molecule has 0 atom stereocenters. The second-order valence-corrected chi connectivity index (χ2v) is 6.48. The van der Waals surface area contributed by atoms with Crippen LogP contribution in [0.15, 0.2) is 36.8 Å². The highest BCUT2D eigenvalue weighted by molar-refractivity contribution is 5.92. The lowest BCUT2D eigenvalue weighted by atomic mass is 10.2. The first-order valence-corrected chi connectivity index (χ1v) is 8.96. The highest BCUT2D eigenvalue weighted by Crippen LogP contribution is 2.16. The van der Waals surface area contributed by atoms with E-state index < -0.39 is 0 Å². The number of likely N-dealkylation sites (N-methyl/N-ethyl adjacent to an activating group) is 1. The van der Waals surface area contributed by atoms with E-state index in [1.54, 1.807) is 29.6 Å². The summed E-state index contributed by atoms with van der Waals surface area (Å²) in [6, 6.07) is 5.65. The number of nitrogens with zero attached hydrogens (tertiary/aromatic N) is 5. The predicted octanol–water partition coefficient (Wildman–Crippen LogP) is 2.57. The number of carbonyl (C=O) groups is 1. The third kappa shape index (κ3) is 4.75. The van der Waals surface area contributed by atoms with E-state index in [2.05, 4.69) is 19.9 Å². The van der Waals surface area contributed by atoms with E-state index in [-0.39, 0.29) is 5.91 Å². The van der Waals surface area contributed by atoms with Crippen LogP contribution >= 0.6 is 0 Å². The zero-order valence-corrected chi connectivity index (χ0v) is 14.8. The highest BCUT2D eigenvalue weighted by atomic mass is 16.2. The Morgan fingerprint density at radius 1 is 1.08 bits per heavy atom. The molecule has 6 nitrogen and oxygen atoms in total. The Balaban J connectivity index is 1.63. The van der Waals surface area contributed by atoms with E-state index in [0.717, 1.165) is 32.4 Å². The molecule has 2 aromatic rings. The molecule has 0 bridgehead atoms. The summed E-state index contributed by atoms with van der Waals surface area (Å²) in [5, 5.41) is 0. The third-order valence-corrected chi connectivity index (χ3v) is 4.58. The molecular formula is C19H25N5O. The van der Waals surface area contributed by atoms with Crippen LogP contribution in [0.2, 0.25) is 0 Å². The number of rotatable bonds is 5. The SMILES string of the molecule is CN(CCc1ccncc1)C(=O)c1ccnc(N2CCCCCC2)n1. The molecular weight excluding hydrogens is 314 g/mol. The lowest BCUT2D eigenvalue weighted by Gasteiger charge is -2.21. The van der Waals surface area contributed by atoms with Crippen molar-refractivity contribution in [3.8, 4) is 0 Å². The molecule has 1 fully saturated rings. The lowest BCUT2D eigenvalue weighted by Crippen LogP contribution is -2.31. The zero-order valence-electron chi connectivity index (χ0n) is 14.8. The summed E-state index contributed by atoms with van der Waals surface area (Å²) < 4.78 is 0. The summed E-state index contributed by atoms with van der Waals surface area (Å²) in [5.41, 5.74) is 1.63. The van der Waals surface area contributed by atoms with Crippen molar-refractivity contribution in [1.82, 2.24) is 19.9 Å². The van der Waals surface area contributed by atoms with E-state index >= 15 is 0 Å². The van der Waals surface area contributed by atoms with Crippen molar-refractivity contribution in [2.75, 3.05) is 31.6 Å². The van der Waals surface area contributed by atoms with Gasteiger partial charge in [-0.2, -0.15) is 0 Å². The molecule has 6 heteroatoms. The third-order valence-electron chi connectivity index (χ3n) is 4.58. The molecule has 0 saturated carbocycles. The molecule has 3 rings (SSSR count). The fourth-order valence-corrected chi connectivity index (χ4v) is 3.03. The second-order valence-electron chi connectivity index (χ2n) is 6.48. The summed E-state index contributed by atoms with van der Waals surface area (Å²) in [5.74, 6) is 0.614. The molecule has 0 radical (unpaired) electrons. The van der Waals surface area contributed by atoms with Gasteiger partial charge in [0.2, 0.25) is 5.95 Å². The van der Waals surface area contributed by atoms with E-state index in [1.807, 2.05) is 19.2 Å². The number of aromatic nitrogens is 3. The molecule has 3 heterocycles. The Bertz CT molecular complexity index is 683. The van der Waals surface area contributed by atoms with Crippen molar-refractivity contribution in [3.05, 3.63) is 48.0 Å². The first kappa shape index (κ1) is 17.3. The van der Waals surface area contributed by atoms with Crippen LogP contribution in [0.1, 0.15) is 41.7 Å². The quantitative estimate of drug-likeness (QED) is 0.838. The summed E-state index contributed by atoms with van der Waals surface area (Å²) in [6.45, 7) is 2.58. The molecule has 25 heavy (non-hydrogen) atoms. The molecule has 1 aliphatic rings. The van der Waals surface area contributed by atoms with E-state index in [1.165, 1.54) is 18.4 Å². The normalized spacial score (nSPS) is 14.8. The molecule has 2 aromatic heterocycles. The van der Waals surface area contributed by atoms with Gasteiger partial charge in [-0.15, -0.1) is 0 Å². The molecule has 0 unspecified atom stereocenters. The van der Waals surface area contributed by atoms with Gasteiger partial charge in [-0.1, -0.05) is 12.8 Å². The molecule has 1 aliphatic heterocycles. The Hall–Kier alpha value is -2.50. The fraction of sp³-hybridized carbons (Fsp3) is 0.474. The van der Waals surface area contributed by atoms with E-state index in [4.69, 9.17) is 0 Å². The van der Waals surface area contributed by atoms with Gasteiger partial charge in [0.1, 0.15) is 5.69 Å². The van der Waals surface area contributed by atoms with Crippen LogP contribution in [0.25, 0.3) is 0 Å². The summed E-state index contributed by atoms with van der Waals surface area (Å²) >= 11 is 0. The largest absolute Gasteiger partial charge is 0.341 e. The smallest absolute Gasteiger partial charge is 0.272 e. The van der Waals surface area contributed by atoms with Crippen molar-refractivity contribution >= 4 is 11.9 Å². The minimum Gasteiger partial charge on any atom is -0.341 e. The average Bonchev–Trinajstić information content (AvgIpc) is 2.96. The summed E-state index contributed by atoms with van der Waals surface area (Å²) in [7, 11) is 1.82. The number of amides is 1. The van der Waals surface area contributed by atoms with Crippen LogP contribution in [0.4, 0.5) is 5.95 Å². The number of anilines is 1. The van der Waals surface area contributed by atoms with Gasteiger partial charge in [0.15, 0.2) is 0 Å². The maximum atomic E-state index is 12.7. The average molecular weight is 339 g/mol. The number of hydrogen-bond acceptors (Lipinski definition) is 5. The minimum absolute atomic E-state index is 0.0625. The molecule has 132 valence electrons. The molecule has 0 N–H and O–H groups in total. The maximum Gasteiger partial charge on any atom is 0.272 e. The van der Waals surface area contributed by atoms with Crippen molar-refractivity contribution < 1.29 is 4.79 Å². The van der Waals surface area contributed by atoms with Crippen LogP contribution in [0.3, 0.4) is 0 Å². The first-order valence-electron chi connectivity index (χ1n) is 8.96. The summed E-state index contributed by atoms with van der Waals surface area (Å²) in [4.78, 5) is 29.5. The van der Waals surface area contributed by atoms with Crippen LogP contribution < -0.4 is 4.90 Å². The molecule has 1 saturated heterocycles. The minimum atomic E-state index is -0.0625. The highest BCUT2D eigenvalue weighted by Gasteiger charge is 2.17. The Morgan fingerprint density at radius 2 is 1.80 bits per heavy atom. The maximum absolute atomic E-state index is 12.7. The van der Waals surface area contributed by atoms with Gasteiger partial charge < -0.3 is 9.80 Å². The van der Waals surface area contributed by atoms with Crippen LogP contribution in [-0.4, -0.2) is 52.4 Å². The standard InChI is InChI=1S/C19H25N5O/c1-23(15-9-16-6-10-20-11-7-16)18(25)17-8-12-21-19(22-17)24-13-4-2-3-5-14-24/h6-8,10-12H,2-5,9,13-15H2,1H3. The summed E-state index contributed by atoms with van der Waals surface area (Å²) in [6.07, 6.45) is 10.9. The fourth-order valence-electron chi connectivity index (χ4n) is 3.03. The van der Waals surface area contributed by atoms with Crippen LogP contribution in [0, 0.1) is 0 Å². The van der Waals surface area contributed by atoms with Crippen molar-refractivity contribution in [2.24, 2.45) is 0 Å². The van der Waals surface area contributed by atoms with Gasteiger partial charge in [0.05, 0.1) is 0 Å². The topological polar surface area (TPSA) is 62.2 Å². The Kier molecular flexibility index (Phi) is 5.93. The number of hydrogen-bond donors (Lipinski definition) is 0. The first-order chi connectivity index (χ1) is 12.2. The predicted molar refractivity (Wildman–Crippen MR) is 97.6 cm³/mol. The van der Waals surface area contributed by atoms with E-state index in [9.17, 15) is 4.79 Å². The van der Waals surface area contributed by atoms with Crippen molar-refractivity contribution in [3.63, 3.8) is 0 Å².